The number of aryl methyl sites for hydroxylation is 4. The zero-order valence-corrected chi connectivity index (χ0v) is 26.2. The lowest BCUT2D eigenvalue weighted by Gasteiger charge is -2.09. The Morgan fingerprint density at radius 3 is 0.881 bits per heavy atom. The lowest BCUT2D eigenvalue weighted by Crippen LogP contribution is -1.88. The van der Waals surface area contributed by atoms with Gasteiger partial charge in [-0.1, -0.05) is 119 Å². The summed E-state index contributed by atoms with van der Waals surface area (Å²) < 4.78 is 0. The van der Waals surface area contributed by atoms with Gasteiger partial charge in [-0.25, -0.2) is 0 Å². The van der Waals surface area contributed by atoms with Crippen LogP contribution in [0.4, 0.5) is 0 Å². The smallest absolute Gasteiger partial charge is 0.0449 e. The highest BCUT2D eigenvalue weighted by Gasteiger charge is 2.11. The van der Waals surface area contributed by atoms with E-state index in [1.807, 2.05) is 22.7 Å². The highest BCUT2D eigenvalue weighted by atomic mass is 32.1. The summed E-state index contributed by atoms with van der Waals surface area (Å²) in [6.45, 7) is 8.55. The van der Waals surface area contributed by atoms with E-state index in [1.54, 1.807) is 0 Å². The minimum absolute atomic E-state index is 1.24. The summed E-state index contributed by atoms with van der Waals surface area (Å²) in [5.74, 6) is 0. The Hall–Kier alpha value is -4.24. The van der Waals surface area contributed by atoms with Crippen LogP contribution in [0.2, 0.25) is 0 Å². The van der Waals surface area contributed by atoms with E-state index in [4.69, 9.17) is 0 Å². The van der Waals surface area contributed by atoms with Crippen molar-refractivity contribution < 1.29 is 0 Å². The second-order valence-electron chi connectivity index (χ2n) is 11.0. The molecular weight excluding hydrogens is 545 g/mol. The number of thiophene rings is 2. The highest BCUT2D eigenvalue weighted by Crippen LogP contribution is 2.38. The van der Waals surface area contributed by atoms with Crippen molar-refractivity contribution in [1.29, 1.82) is 0 Å². The molecule has 0 aliphatic carbocycles. The molecule has 2 aromatic heterocycles. The lowest BCUT2D eigenvalue weighted by molar-refractivity contribution is 1.43. The molecule has 0 spiro atoms. The SMILES string of the molecule is Cc1ccc(C(=Cc2ccc(-c3ccc(C=C(c4ccc(C)cc4)c4ccc(C)cc4)s3)s2)c2ccc(C)cc2)cc1. The van der Waals surface area contributed by atoms with Crippen LogP contribution in [0.1, 0.15) is 54.3 Å². The molecule has 0 saturated heterocycles. The minimum Gasteiger partial charge on any atom is -0.135 e. The fourth-order valence-electron chi connectivity index (χ4n) is 5.01. The van der Waals surface area contributed by atoms with E-state index in [0.29, 0.717) is 0 Å². The molecule has 4 aromatic carbocycles. The molecule has 0 fully saturated rings. The molecule has 6 aromatic rings. The summed E-state index contributed by atoms with van der Waals surface area (Å²) in [7, 11) is 0. The first kappa shape index (κ1) is 27.9. The number of hydrogen-bond donors (Lipinski definition) is 0. The maximum atomic E-state index is 2.34. The zero-order chi connectivity index (χ0) is 29.1. The molecule has 0 amide bonds. The van der Waals surface area contributed by atoms with Crippen molar-refractivity contribution in [2.75, 3.05) is 0 Å². The van der Waals surface area contributed by atoms with Crippen molar-refractivity contribution in [3.8, 4) is 9.75 Å². The summed E-state index contributed by atoms with van der Waals surface area (Å²) in [5.41, 5.74) is 12.5. The van der Waals surface area contributed by atoms with Gasteiger partial charge in [-0.3, -0.25) is 0 Å². The van der Waals surface area contributed by atoms with Crippen molar-refractivity contribution in [3.63, 3.8) is 0 Å². The van der Waals surface area contributed by atoms with Crippen molar-refractivity contribution in [2.24, 2.45) is 0 Å². The summed E-state index contributed by atoms with van der Waals surface area (Å²) in [4.78, 5) is 5.11. The molecule has 42 heavy (non-hydrogen) atoms. The predicted octanol–water partition coefficient (Wildman–Crippen LogP) is 11.9. The van der Waals surface area contributed by atoms with E-state index in [-0.39, 0.29) is 0 Å². The van der Waals surface area contributed by atoms with E-state index in [0.717, 1.165) is 0 Å². The van der Waals surface area contributed by atoms with Gasteiger partial charge in [0, 0.05) is 19.5 Å². The molecule has 0 N–H and O–H groups in total. The monoisotopic (exact) mass is 578 g/mol. The van der Waals surface area contributed by atoms with Crippen LogP contribution in [0.15, 0.2) is 121 Å². The van der Waals surface area contributed by atoms with E-state index in [9.17, 15) is 0 Å². The van der Waals surface area contributed by atoms with Crippen LogP contribution in [-0.4, -0.2) is 0 Å². The van der Waals surface area contributed by atoms with Crippen LogP contribution < -0.4 is 0 Å². The van der Waals surface area contributed by atoms with Crippen molar-refractivity contribution in [1.82, 2.24) is 0 Å². The normalized spacial score (nSPS) is 10.9. The van der Waals surface area contributed by atoms with E-state index in [2.05, 4.69) is 161 Å². The van der Waals surface area contributed by atoms with Crippen molar-refractivity contribution in [3.05, 3.63) is 176 Å². The second-order valence-corrected chi connectivity index (χ2v) is 13.2. The van der Waals surface area contributed by atoms with Gasteiger partial charge in [-0.2, -0.15) is 0 Å². The molecular formula is C40H34S2. The Labute approximate surface area is 258 Å². The Balaban J connectivity index is 1.34. The van der Waals surface area contributed by atoms with Crippen LogP contribution in [-0.2, 0) is 0 Å². The fraction of sp³-hybridized carbons (Fsp3) is 0.100. The van der Waals surface area contributed by atoms with E-state index < -0.39 is 0 Å². The summed E-state index contributed by atoms with van der Waals surface area (Å²) >= 11 is 3.70. The molecule has 0 unspecified atom stereocenters. The van der Waals surface area contributed by atoms with Gasteiger partial charge in [-0.15, -0.1) is 22.7 Å². The zero-order valence-electron chi connectivity index (χ0n) is 24.5. The lowest BCUT2D eigenvalue weighted by atomic mass is 9.96. The second kappa shape index (κ2) is 12.3. The number of hydrogen-bond acceptors (Lipinski definition) is 2. The first-order valence-corrected chi connectivity index (χ1v) is 16.0. The molecule has 0 atom stereocenters. The highest BCUT2D eigenvalue weighted by molar-refractivity contribution is 7.23. The molecule has 6 rings (SSSR count). The molecule has 0 nitrogen and oxygen atoms in total. The van der Waals surface area contributed by atoms with Gasteiger partial charge in [-0.05, 0) is 97.5 Å². The van der Waals surface area contributed by atoms with Gasteiger partial charge in [0.2, 0.25) is 0 Å². The van der Waals surface area contributed by atoms with Crippen LogP contribution in [0, 0.1) is 27.7 Å². The Bertz CT molecular complexity index is 1620. The van der Waals surface area contributed by atoms with Crippen molar-refractivity contribution >= 4 is 46.0 Å². The van der Waals surface area contributed by atoms with Gasteiger partial charge < -0.3 is 0 Å². The minimum atomic E-state index is 1.24. The average Bonchev–Trinajstić information content (AvgIpc) is 3.67. The maximum absolute atomic E-state index is 2.34. The fourth-order valence-corrected chi connectivity index (χ4v) is 7.00. The van der Waals surface area contributed by atoms with E-state index in [1.165, 1.54) is 75.2 Å². The van der Waals surface area contributed by atoms with E-state index >= 15 is 0 Å². The molecule has 0 radical (unpaired) electrons. The molecule has 206 valence electrons. The largest absolute Gasteiger partial charge is 0.135 e. The maximum Gasteiger partial charge on any atom is 0.0449 e. The third-order valence-corrected chi connectivity index (χ3v) is 9.78. The molecule has 0 aliphatic rings. The van der Waals surface area contributed by atoms with Gasteiger partial charge >= 0.3 is 0 Å². The van der Waals surface area contributed by atoms with Gasteiger partial charge in [0.15, 0.2) is 0 Å². The Morgan fingerprint density at radius 1 is 0.357 bits per heavy atom. The molecule has 0 aliphatic heterocycles. The predicted molar refractivity (Wildman–Crippen MR) is 186 cm³/mol. The molecule has 2 heteroatoms. The van der Waals surface area contributed by atoms with Gasteiger partial charge in [0.05, 0.1) is 0 Å². The summed E-state index contributed by atoms with van der Waals surface area (Å²) in [5, 5.41) is 0. The van der Waals surface area contributed by atoms with Gasteiger partial charge in [0.1, 0.15) is 0 Å². The number of benzene rings is 4. The number of rotatable bonds is 7. The first-order chi connectivity index (χ1) is 20.4. The summed E-state index contributed by atoms with van der Waals surface area (Å²) in [6, 6.07) is 44.4. The Kier molecular flexibility index (Phi) is 8.19. The first-order valence-electron chi connectivity index (χ1n) is 14.3. The van der Waals surface area contributed by atoms with Crippen LogP contribution in [0.25, 0.3) is 33.1 Å². The topological polar surface area (TPSA) is 0 Å². The average molecular weight is 579 g/mol. The van der Waals surface area contributed by atoms with Crippen LogP contribution in [0.5, 0.6) is 0 Å². The van der Waals surface area contributed by atoms with Crippen molar-refractivity contribution in [2.45, 2.75) is 27.7 Å². The third kappa shape index (κ3) is 6.46. The molecule has 0 bridgehead atoms. The third-order valence-electron chi connectivity index (χ3n) is 7.52. The molecule has 2 heterocycles. The quantitative estimate of drug-likeness (QED) is 0.177. The standard InChI is InChI=1S/C40H34S2/c1-27-5-13-31(14-6-27)37(32-15-7-28(2)8-16-32)25-35-21-23-39(41-35)40-24-22-36(42-40)26-38(33-17-9-29(3)10-18-33)34-19-11-30(4)12-20-34/h5-26H,1-4H3. The van der Waals surface area contributed by atoms with Gasteiger partial charge in [0.25, 0.3) is 0 Å². The molecule has 0 saturated carbocycles. The Morgan fingerprint density at radius 2 is 0.619 bits per heavy atom. The summed E-state index contributed by atoms with van der Waals surface area (Å²) in [6.07, 6.45) is 4.68. The van der Waals surface area contributed by atoms with Crippen LogP contribution in [0.3, 0.4) is 0 Å². The van der Waals surface area contributed by atoms with Crippen LogP contribution >= 0.6 is 22.7 Å².